The Kier molecular flexibility index (Phi) is 8.95. The molecule has 0 fully saturated rings. The summed E-state index contributed by atoms with van der Waals surface area (Å²) in [4.78, 5) is 12.1. The maximum absolute atomic E-state index is 12.1. The van der Waals surface area contributed by atoms with E-state index in [4.69, 9.17) is 4.74 Å². The van der Waals surface area contributed by atoms with Crippen LogP contribution in [0.1, 0.15) is 74.2 Å². The molecule has 0 heterocycles. The summed E-state index contributed by atoms with van der Waals surface area (Å²) < 4.78 is 5.40. The molecule has 2 heteroatoms. The smallest absolute Gasteiger partial charge is 0.338 e. The Hall–Kier alpha value is -2.09. The second kappa shape index (κ2) is 11.5. The average molecular weight is 353 g/mol. The third-order valence-electron chi connectivity index (χ3n) is 4.81. The summed E-state index contributed by atoms with van der Waals surface area (Å²) in [5.74, 6) is -0.218. The number of rotatable bonds is 11. The van der Waals surface area contributed by atoms with Crippen molar-refractivity contribution in [3.63, 3.8) is 0 Å². The number of ether oxygens (including phenoxy) is 1. The number of carbonyl (C=O) groups excluding carboxylic acids is 1. The van der Waals surface area contributed by atoms with E-state index >= 15 is 0 Å². The first kappa shape index (κ1) is 20.2. The van der Waals surface area contributed by atoms with Crippen LogP contribution in [0.15, 0.2) is 48.5 Å². The van der Waals surface area contributed by atoms with E-state index in [1.807, 2.05) is 36.4 Å². The van der Waals surface area contributed by atoms with Crippen molar-refractivity contribution in [1.29, 1.82) is 0 Å². The molecule has 140 valence electrons. The highest BCUT2D eigenvalue weighted by molar-refractivity contribution is 5.90. The molecule has 0 bridgehead atoms. The summed E-state index contributed by atoms with van der Waals surface area (Å²) in [6, 6.07) is 16.0. The largest absolute Gasteiger partial charge is 0.462 e. The third-order valence-corrected chi connectivity index (χ3v) is 4.81. The number of aryl methyl sites for hydroxylation is 1. The van der Waals surface area contributed by atoms with E-state index in [0.29, 0.717) is 12.2 Å². The van der Waals surface area contributed by atoms with Gasteiger partial charge in [0, 0.05) is 0 Å². The van der Waals surface area contributed by atoms with Crippen molar-refractivity contribution in [1.82, 2.24) is 0 Å². The van der Waals surface area contributed by atoms with E-state index in [1.165, 1.54) is 49.7 Å². The van der Waals surface area contributed by atoms with Gasteiger partial charge in [0.05, 0.1) is 12.2 Å². The van der Waals surface area contributed by atoms with Crippen LogP contribution in [-0.2, 0) is 4.74 Å². The number of esters is 1. The Labute approximate surface area is 158 Å². The molecule has 0 saturated heterocycles. The van der Waals surface area contributed by atoms with Gasteiger partial charge in [0.25, 0.3) is 0 Å². The highest BCUT2D eigenvalue weighted by Gasteiger charge is 2.08. The molecule has 2 aromatic rings. The van der Waals surface area contributed by atoms with Gasteiger partial charge in [0.15, 0.2) is 0 Å². The van der Waals surface area contributed by atoms with Gasteiger partial charge in [0.1, 0.15) is 0 Å². The SMILES string of the molecule is CCCCCCCCCCOC(=O)c1ccc(-c2ccccc2C)cc1. The summed E-state index contributed by atoms with van der Waals surface area (Å²) in [6.07, 6.45) is 9.97. The van der Waals surface area contributed by atoms with E-state index in [2.05, 4.69) is 26.0 Å². The van der Waals surface area contributed by atoms with E-state index in [1.54, 1.807) is 0 Å². The van der Waals surface area contributed by atoms with Gasteiger partial charge in [-0.2, -0.15) is 0 Å². The van der Waals surface area contributed by atoms with Crippen molar-refractivity contribution in [2.75, 3.05) is 6.61 Å². The zero-order valence-electron chi connectivity index (χ0n) is 16.3. The Balaban J connectivity index is 1.69. The van der Waals surface area contributed by atoms with Crippen molar-refractivity contribution in [2.24, 2.45) is 0 Å². The average Bonchev–Trinajstić information content (AvgIpc) is 2.67. The zero-order chi connectivity index (χ0) is 18.6. The van der Waals surface area contributed by atoms with Gasteiger partial charge in [-0.05, 0) is 42.2 Å². The second-order valence-corrected chi connectivity index (χ2v) is 7.00. The maximum atomic E-state index is 12.1. The molecule has 0 N–H and O–H groups in total. The van der Waals surface area contributed by atoms with Crippen LogP contribution >= 0.6 is 0 Å². The Morgan fingerprint density at radius 2 is 1.42 bits per heavy atom. The lowest BCUT2D eigenvalue weighted by atomic mass is 10.00. The molecule has 2 rings (SSSR count). The van der Waals surface area contributed by atoms with Gasteiger partial charge >= 0.3 is 5.97 Å². The molecule has 2 aromatic carbocycles. The lowest BCUT2D eigenvalue weighted by Gasteiger charge is -2.08. The van der Waals surface area contributed by atoms with Crippen LogP contribution in [0.2, 0.25) is 0 Å². The van der Waals surface area contributed by atoms with Crippen molar-refractivity contribution in [2.45, 2.75) is 65.2 Å². The van der Waals surface area contributed by atoms with Crippen LogP contribution in [0.25, 0.3) is 11.1 Å². The number of benzene rings is 2. The highest BCUT2D eigenvalue weighted by atomic mass is 16.5. The minimum absolute atomic E-state index is 0.218. The van der Waals surface area contributed by atoms with E-state index in [9.17, 15) is 4.79 Å². The highest BCUT2D eigenvalue weighted by Crippen LogP contribution is 2.23. The third kappa shape index (κ3) is 6.67. The number of hydrogen-bond donors (Lipinski definition) is 0. The lowest BCUT2D eigenvalue weighted by Crippen LogP contribution is -2.06. The number of unbranched alkanes of at least 4 members (excludes halogenated alkanes) is 7. The van der Waals surface area contributed by atoms with Crippen molar-refractivity contribution in [3.8, 4) is 11.1 Å². The molecule has 0 atom stereocenters. The predicted octanol–water partition coefficient (Wildman–Crippen LogP) is 6.96. The first-order chi connectivity index (χ1) is 12.7. The molecule has 0 spiro atoms. The molecule has 0 aromatic heterocycles. The molecular formula is C24H32O2. The first-order valence-electron chi connectivity index (χ1n) is 10.1. The molecule has 0 aliphatic heterocycles. The summed E-state index contributed by atoms with van der Waals surface area (Å²) >= 11 is 0. The van der Waals surface area contributed by atoms with Gasteiger partial charge in [-0.25, -0.2) is 4.79 Å². The molecule has 2 nitrogen and oxygen atoms in total. The van der Waals surface area contributed by atoms with E-state index in [-0.39, 0.29) is 5.97 Å². The monoisotopic (exact) mass is 352 g/mol. The minimum atomic E-state index is -0.218. The molecule has 0 saturated carbocycles. The van der Waals surface area contributed by atoms with Crippen LogP contribution in [0.3, 0.4) is 0 Å². The van der Waals surface area contributed by atoms with Gasteiger partial charge in [0.2, 0.25) is 0 Å². The molecule has 0 aliphatic rings. The Morgan fingerprint density at radius 3 is 2.08 bits per heavy atom. The molecule has 0 unspecified atom stereocenters. The van der Waals surface area contributed by atoms with Gasteiger partial charge in [-0.1, -0.05) is 88.3 Å². The molecule has 0 radical (unpaired) electrons. The first-order valence-corrected chi connectivity index (χ1v) is 10.1. The van der Waals surface area contributed by atoms with Crippen molar-refractivity contribution < 1.29 is 9.53 Å². The maximum Gasteiger partial charge on any atom is 0.338 e. The molecule has 26 heavy (non-hydrogen) atoms. The van der Waals surface area contributed by atoms with Gasteiger partial charge in [-0.3, -0.25) is 0 Å². The molecule has 0 aliphatic carbocycles. The van der Waals surface area contributed by atoms with Crippen molar-refractivity contribution in [3.05, 3.63) is 59.7 Å². The van der Waals surface area contributed by atoms with Gasteiger partial charge in [-0.15, -0.1) is 0 Å². The summed E-state index contributed by atoms with van der Waals surface area (Å²) in [5.41, 5.74) is 4.19. The normalized spacial score (nSPS) is 10.7. The van der Waals surface area contributed by atoms with Crippen LogP contribution in [0.5, 0.6) is 0 Å². The van der Waals surface area contributed by atoms with Gasteiger partial charge < -0.3 is 4.74 Å². The van der Waals surface area contributed by atoms with Crippen molar-refractivity contribution >= 4 is 5.97 Å². The fourth-order valence-corrected chi connectivity index (χ4v) is 3.17. The Morgan fingerprint density at radius 1 is 0.808 bits per heavy atom. The lowest BCUT2D eigenvalue weighted by molar-refractivity contribution is 0.0497. The number of carbonyl (C=O) groups is 1. The van der Waals surface area contributed by atoms with Crippen LogP contribution in [0.4, 0.5) is 0 Å². The van der Waals surface area contributed by atoms with E-state index in [0.717, 1.165) is 18.4 Å². The number of hydrogen-bond acceptors (Lipinski definition) is 2. The second-order valence-electron chi connectivity index (χ2n) is 7.00. The minimum Gasteiger partial charge on any atom is -0.462 e. The summed E-state index contributed by atoms with van der Waals surface area (Å²) in [5, 5.41) is 0. The standard InChI is InChI=1S/C24H32O2/c1-3-4-5-6-7-8-9-12-19-26-24(25)22-17-15-21(16-18-22)23-14-11-10-13-20(23)2/h10-11,13-18H,3-9,12,19H2,1-2H3. The fourth-order valence-electron chi connectivity index (χ4n) is 3.17. The summed E-state index contributed by atoms with van der Waals surface area (Å²) in [6.45, 7) is 4.86. The quantitative estimate of drug-likeness (QED) is 0.323. The van der Waals surface area contributed by atoms with Crippen LogP contribution in [0, 0.1) is 6.92 Å². The predicted molar refractivity (Wildman–Crippen MR) is 110 cm³/mol. The van der Waals surface area contributed by atoms with E-state index < -0.39 is 0 Å². The Bertz CT molecular complexity index is 658. The topological polar surface area (TPSA) is 26.3 Å². The molecular weight excluding hydrogens is 320 g/mol. The fraction of sp³-hybridized carbons (Fsp3) is 0.458. The summed E-state index contributed by atoms with van der Waals surface area (Å²) in [7, 11) is 0. The van der Waals surface area contributed by atoms with Crippen LogP contribution in [-0.4, -0.2) is 12.6 Å². The zero-order valence-corrected chi connectivity index (χ0v) is 16.3. The molecule has 0 amide bonds. The van der Waals surface area contributed by atoms with Crippen LogP contribution < -0.4 is 0 Å².